The van der Waals surface area contributed by atoms with Crippen LogP contribution in [0.5, 0.6) is 0 Å². The molecule has 2 aliphatic heterocycles. The number of nitrogens with one attached hydrogen (secondary N) is 1. The molecule has 2 amide bonds. The molecule has 2 heterocycles. The quantitative estimate of drug-likeness (QED) is 0.664. The highest BCUT2D eigenvalue weighted by Gasteiger charge is 2.51. The van der Waals surface area contributed by atoms with Crippen molar-refractivity contribution >= 4 is 34.8 Å². The second-order valence-corrected chi connectivity index (χ2v) is 9.62. The van der Waals surface area contributed by atoms with Gasteiger partial charge in [-0.15, -0.1) is 0 Å². The summed E-state index contributed by atoms with van der Waals surface area (Å²) in [6.45, 7) is 0. The molecule has 1 N–H and O–H groups in total. The summed E-state index contributed by atoms with van der Waals surface area (Å²) in [5.74, 6) is 0.797. The molecular weight excluding hydrogens is 416 g/mol. The molecule has 2 aromatic carbocycles. The molecule has 6 heteroatoms. The third-order valence-electron chi connectivity index (χ3n) is 7.94. The van der Waals surface area contributed by atoms with Crippen LogP contribution in [0.3, 0.4) is 0 Å². The molecule has 0 aromatic heterocycles. The smallest absolute Gasteiger partial charge is 0.237 e. The maximum atomic E-state index is 12.5. The molecule has 0 radical (unpaired) electrons. The Hall–Kier alpha value is -3.28. The molecule has 2 aliphatic carbocycles. The number of anilines is 2. The van der Waals surface area contributed by atoms with Crippen molar-refractivity contribution in [3.8, 4) is 0 Å². The van der Waals surface area contributed by atoms with Gasteiger partial charge in [-0.1, -0.05) is 36.4 Å². The van der Waals surface area contributed by atoms with E-state index in [0.717, 1.165) is 22.5 Å². The van der Waals surface area contributed by atoms with E-state index in [0.29, 0.717) is 51.4 Å². The summed E-state index contributed by atoms with van der Waals surface area (Å²) in [7, 11) is 1.83. The van der Waals surface area contributed by atoms with E-state index in [1.807, 2.05) is 55.6 Å². The van der Waals surface area contributed by atoms with Crippen molar-refractivity contribution in [2.75, 3.05) is 17.3 Å². The van der Waals surface area contributed by atoms with Crippen LogP contribution in [0.1, 0.15) is 62.5 Å². The van der Waals surface area contributed by atoms with Gasteiger partial charge in [-0.3, -0.25) is 19.2 Å². The fourth-order valence-electron chi connectivity index (χ4n) is 5.98. The molecule has 0 saturated heterocycles. The van der Waals surface area contributed by atoms with E-state index in [1.165, 1.54) is 0 Å². The molecule has 2 spiro atoms. The number of para-hydroxylation sites is 2. The zero-order chi connectivity index (χ0) is 23.2. The maximum Gasteiger partial charge on any atom is 0.237 e. The predicted molar refractivity (Wildman–Crippen MR) is 125 cm³/mol. The predicted octanol–water partition coefficient (Wildman–Crippen LogP) is 4.06. The highest BCUT2D eigenvalue weighted by Crippen LogP contribution is 2.49. The number of ketones is 2. The van der Waals surface area contributed by atoms with Crippen molar-refractivity contribution in [3.63, 3.8) is 0 Å². The number of likely N-dealkylation sites (N-methyl/N-ethyl adjacent to an activating group) is 1. The van der Waals surface area contributed by atoms with Crippen LogP contribution >= 0.6 is 0 Å². The number of nitrogens with zero attached hydrogens (tertiary/aromatic N) is 1. The first-order valence-corrected chi connectivity index (χ1v) is 11.7. The van der Waals surface area contributed by atoms with Crippen molar-refractivity contribution in [2.24, 2.45) is 0 Å². The zero-order valence-corrected chi connectivity index (χ0v) is 18.9. The van der Waals surface area contributed by atoms with Gasteiger partial charge in [-0.05, 0) is 48.9 Å². The number of rotatable bonds is 0. The van der Waals surface area contributed by atoms with Crippen LogP contribution in [0, 0.1) is 0 Å². The van der Waals surface area contributed by atoms with E-state index in [4.69, 9.17) is 0 Å². The third-order valence-corrected chi connectivity index (χ3v) is 7.94. The van der Waals surface area contributed by atoms with Crippen LogP contribution in [0.15, 0.2) is 48.5 Å². The molecule has 0 unspecified atom stereocenters. The molecule has 2 fully saturated rings. The topological polar surface area (TPSA) is 83.6 Å². The Morgan fingerprint density at radius 1 is 0.697 bits per heavy atom. The largest absolute Gasteiger partial charge is 0.325 e. The molecule has 2 aromatic rings. The first-order valence-electron chi connectivity index (χ1n) is 11.7. The van der Waals surface area contributed by atoms with E-state index >= 15 is 0 Å². The van der Waals surface area contributed by atoms with Crippen molar-refractivity contribution < 1.29 is 19.2 Å². The van der Waals surface area contributed by atoms with Crippen LogP contribution in [0.4, 0.5) is 11.4 Å². The molecule has 0 atom stereocenters. The van der Waals surface area contributed by atoms with Crippen molar-refractivity contribution in [3.05, 3.63) is 59.7 Å². The second-order valence-electron chi connectivity index (χ2n) is 9.62. The summed E-state index contributed by atoms with van der Waals surface area (Å²) >= 11 is 0. The van der Waals surface area contributed by atoms with Gasteiger partial charge in [0.25, 0.3) is 0 Å². The fraction of sp³-hybridized carbons (Fsp3) is 0.407. The SMILES string of the molecule is CN1C(=O)C2(CCC(=O)CC2)c2ccccc21.O=C1CCC2(CC1)C(=O)Nc1ccccc12. The van der Waals surface area contributed by atoms with Gasteiger partial charge in [0.2, 0.25) is 11.8 Å². The highest BCUT2D eigenvalue weighted by molar-refractivity contribution is 6.09. The lowest BCUT2D eigenvalue weighted by Crippen LogP contribution is -2.41. The number of hydrogen-bond donors (Lipinski definition) is 1. The summed E-state index contributed by atoms with van der Waals surface area (Å²) in [6, 6.07) is 15.8. The fourth-order valence-corrected chi connectivity index (χ4v) is 5.98. The van der Waals surface area contributed by atoms with Gasteiger partial charge in [0, 0.05) is 44.1 Å². The van der Waals surface area contributed by atoms with E-state index < -0.39 is 10.8 Å². The average molecular weight is 445 g/mol. The minimum absolute atomic E-state index is 0.0706. The van der Waals surface area contributed by atoms with Gasteiger partial charge in [0.05, 0.1) is 10.8 Å². The standard InChI is InChI=1S/C14H15NO2.C13H13NO2/c1-15-12-5-3-2-4-11(12)14(13(15)17)8-6-10(16)7-9-14;15-9-5-7-13(8-6-9)10-3-1-2-4-11(10)14-12(13)16/h2-5H,6-9H2,1H3;1-4H,5-8H2,(H,14,16). The van der Waals surface area contributed by atoms with Crippen LogP contribution in [0.25, 0.3) is 0 Å². The van der Waals surface area contributed by atoms with Gasteiger partial charge in [-0.2, -0.15) is 0 Å². The highest BCUT2D eigenvalue weighted by atomic mass is 16.2. The van der Waals surface area contributed by atoms with E-state index in [2.05, 4.69) is 5.32 Å². The zero-order valence-electron chi connectivity index (χ0n) is 18.9. The molecule has 6 rings (SSSR count). The minimum atomic E-state index is -0.426. The summed E-state index contributed by atoms with van der Waals surface area (Å²) in [5, 5.41) is 2.92. The third kappa shape index (κ3) is 3.31. The van der Waals surface area contributed by atoms with Crippen molar-refractivity contribution in [1.29, 1.82) is 0 Å². The van der Waals surface area contributed by atoms with E-state index in [-0.39, 0.29) is 23.4 Å². The Bertz CT molecular complexity index is 1150. The van der Waals surface area contributed by atoms with E-state index in [9.17, 15) is 19.2 Å². The molecule has 0 bridgehead atoms. The Morgan fingerprint density at radius 2 is 1.21 bits per heavy atom. The van der Waals surface area contributed by atoms with Crippen LogP contribution in [-0.2, 0) is 30.0 Å². The lowest BCUT2D eigenvalue weighted by Gasteiger charge is -2.31. The van der Waals surface area contributed by atoms with Gasteiger partial charge < -0.3 is 10.2 Å². The molecule has 2 saturated carbocycles. The van der Waals surface area contributed by atoms with Crippen LogP contribution in [-0.4, -0.2) is 30.4 Å². The number of fused-ring (bicyclic) bond motifs is 4. The van der Waals surface area contributed by atoms with E-state index in [1.54, 1.807) is 4.90 Å². The lowest BCUT2D eigenvalue weighted by molar-refractivity contribution is -0.128. The average Bonchev–Trinajstić information content (AvgIpc) is 3.22. The number of amides is 2. The number of hydrogen-bond acceptors (Lipinski definition) is 4. The van der Waals surface area contributed by atoms with Crippen LogP contribution in [0.2, 0.25) is 0 Å². The first-order chi connectivity index (χ1) is 15.9. The summed E-state index contributed by atoms with van der Waals surface area (Å²) in [6.07, 6.45) is 4.80. The summed E-state index contributed by atoms with van der Waals surface area (Å²) < 4.78 is 0. The Labute approximate surface area is 193 Å². The molecular formula is C27H28N2O4. The van der Waals surface area contributed by atoms with Crippen LogP contribution < -0.4 is 10.2 Å². The minimum Gasteiger partial charge on any atom is -0.325 e. The summed E-state index contributed by atoms with van der Waals surface area (Å²) in [4.78, 5) is 49.0. The first kappa shape index (κ1) is 21.6. The van der Waals surface area contributed by atoms with Gasteiger partial charge in [0.15, 0.2) is 0 Å². The number of carbonyl (C=O) groups is 4. The maximum absolute atomic E-state index is 12.5. The van der Waals surface area contributed by atoms with Gasteiger partial charge >= 0.3 is 0 Å². The monoisotopic (exact) mass is 444 g/mol. The molecule has 4 aliphatic rings. The Kier molecular flexibility index (Phi) is 5.19. The van der Waals surface area contributed by atoms with Crippen molar-refractivity contribution in [1.82, 2.24) is 0 Å². The number of benzene rings is 2. The Balaban J connectivity index is 0.000000139. The summed E-state index contributed by atoms with van der Waals surface area (Å²) in [5.41, 5.74) is 3.27. The number of Topliss-reactive ketones (excluding diaryl/α,β-unsaturated/α-hetero) is 2. The molecule has 170 valence electrons. The normalized spacial score (nSPS) is 22.0. The Morgan fingerprint density at radius 3 is 1.85 bits per heavy atom. The molecule has 6 nitrogen and oxygen atoms in total. The number of carbonyl (C=O) groups excluding carboxylic acids is 4. The van der Waals surface area contributed by atoms with Crippen molar-refractivity contribution in [2.45, 2.75) is 62.2 Å². The van der Waals surface area contributed by atoms with Gasteiger partial charge in [0.1, 0.15) is 11.6 Å². The second kappa shape index (κ2) is 7.94. The molecule has 33 heavy (non-hydrogen) atoms. The lowest BCUT2D eigenvalue weighted by atomic mass is 9.70. The van der Waals surface area contributed by atoms with Gasteiger partial charge in [-0.25, -0.2) is 0 Å².